The van der Waals surface area contributed by atoms with E-state index in [4.69, 9.17) is 5.11 Å². The summed E-state index contributed by atoms with van der Waals surface area (Å²) in [7, 11) is 0. The normalized spacial score (nSPS) is 11.3. The van der Waals surface area contributed by atoms with Gasteiger partial charge in [-0.2, -0.15) is 4.39 Å². The zero-order chi connectivity index (χ0) is 16.7. The fraction of sp³-hybridized carbons (Fsp3) is 0.188. The molecule has 3 aromatic rings. The maximum Gasteiger partial charge on any atom is 0.307 e. The molecule has 0 bridgehead atoms. The van der Waals surface area contributed by atoms with Gasteiger partial charge in [-0.3, -0.25) is 4.79 Å². The van der Waals surface area contributed by atoms with Crippen molar-refractivity contribution in [3.05, 3.63) is 51.3 Å². The van der Waals surface area contributed by atoms with Crippen LogP contribution in [0, 0.1) is 17.9 Å². The summed E-state index contributed by atoms with van der Waals surface area (Å²) >= 11 is 0.970. The standard InChI is InChI=1S/C16H13F2NO3S/c1-8-10(4-16(21)22)11-3-14(20)12(17)5-13(11)19(8)6-9-2-15(18)23-7-9/h2-3,5,7,20H,4,6H2,1H3,(H,21,22). The predicted octanol–water partition coefficient (Wildman–Crippen LogP) is 3.67. The molecule has 0 amide bonds. The first kappa shape index (κ1) is 15.5. The fourth-order valence-corrected chi connectivity index (χ4v) is 3.37. The smallest absolute Gasteiger partial charge is 0.307 e. The van der Waals surface area contributed by atoms with Crippen LogP contribution in [0.5, 0.6) is 5.75 Å². The zero-order valence-electron chi connectivity index (χ0n) is 12.1. The van der Waals surface area contributed by atoms with E-state index in [1.165, 1.54) is 18.2 Å². The van der Waals surface area contributed by atoms with E-state index in [1.54, 1.807) is 16.9 Å². The summed E-state index contributed by atoms with van der Waals surface area (Å²) < 4.78 is 28.6. The highest BCUT2D eigenvalue weighted by molar-refractivity contribution is 7.08. The molecule has 23 heavy (non-hydrogen) atoms. The summed E-state index contributed by atoms with van der Waals surface area (Å²) in [5.41, 5.74) is 2.35. The topological polar surface area (TPSA) is 62.5 Å². The number of phenols is 1. The second-order valence-electron chi connectivity index (χ2n) is 5.30. The van der Waals surface area contributed by atoms with Crippen LogP contribution in [0.1, 0.15) is 16.8 Å². The van der Waals surface area contributed by atoms with Crippen LogP contribution < -0.4 is 0 Å². The summed E-state index contributed by atoms with van der Waals surface area (Å²) in [4.78, 5) is 11.1. The van der Waals surface area contributed by atoms with Crippen LogP contribution in [-0.4, -0.2) is 20.7 Å². The molecule has 4 nitrogen and oxygen atoms in total. The van der Waals surface area contributed by atoms with Gasteiger partial charge >= 0.3 is 5.97 Å². The first-order valence-electron chi connectivity index (χ1n) is 6.81. The summed E-state index contributed by atoms with van der Waals surface area (Å²) in [6.07, 6.45) is -0.238. The van der Waals surface area contributed by atoms with E-state index in [-0.39, 0.29) is 11.6 Å². The van der Waals surface area contributed by atoms with Crippen molar-refractivity contribution in [3.63, 3.8) is 0 Å². The van der Waals surface area contributed by atoms with Crippen molar-refractivity contribution in [3.8, 4) is 5.75 Å². The van der Waals surface area contributed by atoms with Gasteiger partial charge in [0.2, 0.25) is 0 Å². The fourth-order valence-electron chi connectivity index (χ4n) is 2.74. The number of carboxylic acids is 1. The number of thiophene rings is 1. The Labute approximate surface area is 134 Å². The average molecular weight is 337 g/mol. The van der Waals surface area contributed by atoms with E-state index >= 15 is 0 Å². The zero-order valence-corrected chi connectivity index (χ0v) is 13.0. The van der Waals surface area contributed by atoms with Crippen molar-refractivity contribution < 1.29 is 23.8 Å². The minimum absolute atomic E-state index is 0.238. The van der Waals surface area contributed by atoms with Crippen molar-refractivity contribution in [1.82, 2.24) is 4.57 Å². The van der Waals surface area contributed by atoms with Gasteiger partial charge in [-0.15, -0.1) is 11.3 Å². The minimum atomic E-state index is -1.02. The molecule has 2 heterocycles. The van der Waals surface area contributed by atoms with Gasteiger partial charge < -0.3 is 14.8 Å². The molecule has 0 unspecified atom stereocenters. The number of carbonyl (C=O) groups is 1. The molecule has 3 rings (SSSR count). The van der Waals surface area contributed by atoms with Crippen LogP contribution in [0.4, 0.5) is 8.78 Å². The Morgan fingerprint density at radius 3 is 2.65 bits per heavy atom. The molecule has 0 atom stereocenters. The number of aliphatic carboxylic acids is 1. The minimum Gasteiger partial charge on any atom is -0.505 e. The highest BCUT2D eigenvalue weighted by atomic mass is 32.1. The van der Waals surface area contributed by atoms with E-state index in [9.17, 15) is 18.7 Å². The van der Waals surface area contributed by atoms with Gasteiger partial charge in [0.1, 0.15) is 0 Å². The van der Waals surface area contributed by atoms with Crippen LogP contribution in [0.2, 0.25) is 0 Å². The molecule has 0 saturated carbocycles. The maximum absolute atomic E-state index is 13.7. The number of benzene rings is 1. The predicted molar refractivity (Wildman–Crippen MR) is 83.0 cm³/mol. The van der Waals surface area contributed by atoms with Crippen LogP contribution in [0.25, 0.3) is 10.9 Å². The average Bonchev–Trinajstić information content (AvgIpc) is 2.98. The summed E-state index contributed by atoms with van der Waals surface area (Å²) in [5.74, 6) is -2.32. The first-order valence-corrected chi connectivity index (χ1v) is 7.69. The summed E-state index contributed by atoms with van der Waals surface area (Å²) in [6.45, 7) is 2.03. The number of hydrogen-bond donors (Lipinski definition) is 2. The number of hydrogen-bond acceptors (Lipinski definition) is 3. The van der Waals surface area contributed by atoms with E-state index in [2.05, 4.69) is 0 Å². The number of carboxylic acid groups (broad SMARTS) is 1. The first-order chi connectivity index (χ1) is 10.9. The van der Waals surface area contributed by atoms with E-state index in [0.717, 1.165) is 11.3 Å². The SMILES string of the molecule is Cc1c(CC(=O)O)c2cc(O)c(F)cc2n1Cc1csc(F)c1. The Hall–Kier alpha value is -2.41. The number of rotatable bonds is 4. The lowest BCUT2D eigenvalue weighted by Gasteiger charge is -2.07. The Balaban J connectivity index is 2.21. The molecule has 0 fully saturated rings. The molecular weight excluding hydrogens is 324 g/mol. The van der Waals surface area contributed by atoms with Gasteiger partial charge in [-0.1, -0.05) is 0 Å². The third-order valence-electron chi connectivity index (χ3n) is 3.81. The summed E-state index contributed by atoms with van der Waals surface area (Å²) in [5, 5.41) is 20.5. The molecule has 0 saturated heterocycles. The molecule has 120 valence electrons. The Morgan fingerprint density at radius 2 is 2.04 bits per heavy atom. The van der Waals surface area contributed by atoms with Crippen molar-refractivity contribution in [2.24, 2.45) is 0 Å². The second kappa shape index (κ2) is 5.66. The molecule has 1 aromatic carbocycles. The van der Waals surface area contributed by atoms with Gasteiger partial charge in [-0.25, -0.2) is 4.39 Å². The van der Waals surface area contributed by atoms with E-state index < -0.39 is 17.5 Å². The number of fused-ring (bicyclic) bond motifs is 1. The van der Waals surface area contributed by atoms with Crippen LogP contribution >= 0.6 is 11.3 Å². The lowest BCUT2D eigenvalue weighted by molar-refractivity contribution is -0.136. The van der Waals surface area contributed by atoms with Crippen molar-refractivity contribution >= 4 is 28.2 Å². The molecule has 0 aliphatic rings. The Kier molecular flexibility index (Phi) is 3.81. The second-order valence-corrected chi connectivity index (χ2v) is 6.16. The Morgan fingerprint density at radius 1 is 1.30 bits per heavy atom. The monoisotopic (exact) mass is 337 g/mol. The number of halogens is 2. The van der Waals surface area contributed by atoms with E-state index in [1.807, 2.05) is 0 Å². The van der Waals surface area contributed by atoms with Gasteiger partial charge in [-0.05, 0) is 35.6 Å². The van der Waals surface area contributed by atoms with Crippen LogP contribution in [0.15, 0.2) is 23.6 Å². The summed E-state index contributed by atoms with van der Waals surface area (Å²) in [6, 6.07) is 3.80. The Bertz CT molecular complexity index is 914. The van der Waals surface area contributed by atoms with Gasteiger partial charge in [0.25, 0.3) is 0 Å². The third kappa shape index (κ3) is 2.79. The number of aromatic hydroxyl groups is 1. The third-order valence-corrected chi connectivity index (χ3v) is 4.58. The number of nitrogens with zero attached hydrogens (tertiary/aromatic N) is 1. The van der Waals surface area contributed by atoms with Crippen molar-refractivity contribution in [2.75, 3.05) is 0 Å². The molecule has 7 heteroatoms. The van der Waals surface area contributed by atoms with Crippen molar-refractivity contribution in [2.45, 2.75) is 19.9 Å². The quantitative estimate of drug-likeness (QED) is 0.763. The molecule has 0 spiro atoms. The number of aromatic nitrogens is 1. The van der Waals surface area contributed by atoms with E-state index in [0.29, 0.717) is 34.3 Å². The largest absolute Gasteiger partial charge is 0.505 e. The van der Waals surface area contributed by atoms with Crippen LogP contribution in [0.3, 0.4) is 0 Å². The molecule has 0 aliphatic heterocycles. The molecule has 0 aliphatic carbocycles. The van der Waals surface area contributed by atoms with Crippen LogP contribution in [-0.2, 0) is 17.8 Å². The molecule has 2 N–H and O–H groups in total. The molecule has 2 aromatic heterocycles. The lowest BCUT2D eigenvalue weighted by Crippen LogP contribution is -2.04. The van der Waals surface area contributed by atoms with Gasteiger partial charge in [0.05, 0.1) is 11.9 Å². The van der Waals surface area contributed by atoms with Gasteiger partial charge in [0, 0.05) is 23.7 Å². The highest BCUT2D eigenvalue weighted by Gasteiger charge is 2.19. The lowest BCUT2D eigenvalue weighted by atomic mass is 10.1. The highest BCUT2D eigenvalue weighted by Crippen LogP contribution is 2.32. The molecular formula is C16H13F2NO3S. The van der Waals surface area contributed by atoms with Gasteiger partial charge in [0.15, 0.2) is 16.7 Å². The molecule has 0 radical (unpaired) electrons. The van der Waals surface area contributed by atoms with Crippen molar-refractivity contribution in [1.29, 1.82) is 0 Å². The maximum atomic E-state index is 13.7. The number of phenolic OH excluding ortho intramolecular Hbond substituents is 1.